The number of methoxy groups -OCH3 is 1. The van der Waals surface area contributed by atoms with Crippen LogP contribution < -0.4 is 5.32 Å². The minimum atomic E-state index is -0.809. The summed E-state index contributed by atoms with van der Waals surface area (Å²) in [6.07, 6.45) is 0.310. The second-order valence-corrected chi connectivity index (χ2v) is 5.85. The Morgan fingerprint density at radius 2 is 1.91 bits per heavy atom. The van der Waals surface area contributed by atoms with Gasteiger partial charge in [-0.1, -0.05) is 34.1 Å². The van der Waals surface area contributed by atoms with E-state index >= 15 is 0 Å². The second kappa shape index (κ2) is 7.78. The molecule has 0 unspecified atom stereocenters. The van der Waals surface area contributed by atoms with Crippen LogP contribution in [0, 0.1) is 0 Å². The topological polar surface area (TPSA) is 75.6 Å². The standard InChI is InChI=1S/C17H16BrNO4/c1-23-17(22)15(9-11-5-7-13(18)8-6-11)19-16(21)12-3-2-4-14(20)10-12/h2-8,10,15,20H,9H2,1H3,(H,19,21)/t15-/m0/s1. The molecule has 0 spiro atoms. The first-order valence-electron chi connectivity index (χ1n) is 6.92. The predicted octanol–water partition coefficient (Wildman–Crippen LogP) is 2.67. The Morgan fingerprint density at radius 1 is 1.22 bits per heavy atom. The summed E-state index contributed by atoms with van der Waals surface area (Å²) >= 11 is 3.35. The third-order valence-electron chi connectivity index (χ3n) is 3.25. The highest BCUT2D eigenvalue weighted by Crippen LogP contribution is 2.14. The summed E-state index contributed by atoms with van der Waals surface area (Å²) in [5.74, 6) is -0.991. The van der Waals surface area contributed by atoms with Crippen LogP contribution in [0.1, 0.15) is 15.9 Å². The van der Waals surface area contributed by atoms with Crippen molar-refractivity contribution in [3.8, 4) is 5.75 Å². The number of halogens is 1. The largest absolute Gasteiger partial charge is 0.508 e. The monoisotopic (exact) mass is 377 g/mol. The Bertz CT molecular complexity index is 700. The molecule has 0 saturated heterocycles. The number of carbonyl (C=O) groups is 2. The van der Waals surface area contributed by atoms with Crippen LogP contribution in [-0.2, 0) is 16.0 Å². The average molecular weight is 378 g/mol. The lowest BCUT2D eigenvalue weighted by atomic mass is 10.1. The molecule has 1 amide bonds. The van der Waals surface area contributed by atoms with Crippen LogP contribution in [0.4, 0.5) is 0 Å². The van der Waals surface area contributed by atoms with E-state index in [0.717, 1.165) is 10.0 Å². The lowest BCUT2D eigenvalue weighted by molar-refractivity contribution is -0.142. The molecule has 1 atom stereocenters. The first-order chi connectivity index (χ1) is 11.0. The SMILES string of the molecule is COC(=O)[C@H](Cc1ccc(Br)cc1)NC(=O)c1cccc(O)c1. The zero-order valence-electron chi connectivity index (χ0n) is 12.5. The number of hydrogen-bond donors (Lipinski definition) is 2. The van der Waals surface area contributed by atoms with Crippen LogP contribution in [-0.4, -0.2) is 30.1 Å². The zero-order chi connectivity index (χ0) is 16.8. The van der Waals surface area contributed by atoms with Crippen molar-refractivity contribution >= 4 is 27.8 Å². The smallest absolute Gasteiger partial charge is 0.328 e. The van der Waals surface area contributed by atoms with Crippen LogP contribution in [0.3, 0.4) is 0 Å². The van der Waals surface area contributed by atoms with E-state index < -0.39 is 17.9 Å². The van der Waals surface area contributed by atoms with Crippen molar-refractivity contribution in [1.82, 2.24) is 5.32 Å². The van der Waals surface area contributed by atoms with E-state index in [9.17, 15) is 14.7 Å². The molecule has 2 aromatic rings. The predicted molar refractivity (Wildman–Crippen MR) is 89.2 cm³/mol. The number of phenols is 1. The highest BCUT2D eigenvalue weighted by atomic mass is 79.9. The van der Waals surface area contributed by atoms with Gasteiger partial charge in [0.1, 0.15) is 11.8 Å². The molecule has 0 aromatic heterocycles. The Labute approximate surface area is 142 Å². The summed E-state index contributed by atoms with van der Waals surface area (Å²) in [6, 6.07) is 12.6. The van der Waals surface area contributed by atoms with Crippen molar-refractivity contribution in [3.05, 3.63) is 64.1 Å². The quantitative estimate of drug-likeness (QED) is 0.785. The van der Waals surface area contributed by atoms with Gasteiger partial charge in [-0.25, -0.2) is 4.79 Å². The van der Waals surface area contributed by atoms with Crippen molar-refractivity contribution in [2.75, 3.05) is 7.11 Å². The Hall–Kier alpha value is -2.34. The number of hydrogen-bond acceptors (Lipinski definition) is 4. The summed E-state index contributed by atoms with van der Waals surface area (Å²) in [5.41, 5.74) is 1.16. The van der Waals surface area contributed by atoms with Crippen LogP contribution >= 0.6 is 15.9 Å². The van der Waals surface area contributed by atoms with E-state index in [0.29, 0.717) is 6.42 Å². The minimum absolute atomic E-state index is 0.0137. The molecular formula is C17H16BrNO4. The number of nitrogens with one attached hydrogen (secondary N) is 1. The molecule has 5 nitrogen and oxygen atoms in total. The molecule has 0 bridgehead atoms. The van der Waals surface area contributed by atoms with Gasteiger partial charge in [0.05, 0.1) is 7.11 Å². The zero-order valence-corrected chi connectivity index (χ0v) is 14.0. The number of amides is 1. The molecule has 0 saturated carbocycles. The first-order valence-corrected chi connectivity index (χ1v) is 7.71. The number of ether oxygens (including phenoxy) is 1. The van der Waals surface area contributed by atoms with Gasteiger partial charge in [-0.3, -0.25) is 4.79 Å². The van der Waals surface area contributed by atoms with E-state index in [4.69, 9.17) is 4.74 Å². The third-order valence-corrected chi connectivity index (χ3v) is 3.78. The molecule has 23 heavy (non-hydrogen) atoms. The number of carbonyl (C=O) groups excluding carboxylic acids is 2. The van der Waals surface area contributed by atoms with Crippen LogP contribution in [0.25, 0.3) is 0 Å². The second-order valence-electron chi connectivity index (χ2n) is 4.93. The van der Waals surface area contributed by atoms with Gasteiger partial charge in [0, 0.05) is 16.5 Å². The van der Waals surface area contributed by atoms with Gasteiger partial charge in [0.15, 0.2) is 0 Å². The summed E-state index contributed by atoms with van der Waals surface area (Å²) < 4.78 is 5.69. The Morgan fingerprint density at radius 3 is 2.52 bits per heavy atom. The van der Waals surface area contributed by atoms with Gasteiger partial charge in [-0.2, -0.15) is 0 Å². The van der Waals surface area contributed by atoms with Gasteiger partial charge in [-0.05, 0) is 35.9 Å². The van der Waals surface area contributed by atoms with Gasteiger partial charge >= 0.3 is 5.97 Å². The van der Waals surface area contributed by atoms with Gasteiger partial charge < -0.3 is 15.2 Å². The Kier molecular flexibility index (Phi) is 5.76. The molecule has 2 rings (SSSR count). The molecule has 0 aliphatic carbocycles. The summed E-state index contributed by atoms with van der Waals surface area (Å²) in [5, 5.41) is 12.1. The van der Waals surface area contributed by atoms with Crippen molar-refractivity contribution in [3.63, 3.8) is 0 Å². The first kappa shape index (κ1) is 17.0. The summed E-state index contributed by atoms with van der Waals surface area (Å²) in [7, 11) is 1.28. The maximum absolute atomic E-state index is 12.2. The molecule has 0 heterocycles. The van der Waals surface area contributed by atoms with E-state index in [1.165, 1.54) is 19.2 Å². The fourth-order valence-corrected chi connectivity index (χ4v) is 2.34. The van der Waals surface area contributed by atoms with E-state index in [2.05, 4.69) is 21.2 Å². The lowest BCUT2D eigenvalue weighted by Gasteiger charge is -2.17. The van der Waals surface area contributed by atoms with Crippen molar-refractivity contribution < 1.29 is 19.4 Å². The maximum atomic E-state index is 12.2. The summed E-state index contributed by atoms with van der Waals surface area (Å²) in [6.45, 7) is 0. The van der Waals surface area contributed by atoms with Crippen molar-refractivity contribution in [2.24, 2.45) is 0 Å². The number of phenolic OH excluding ortho intramolecular Hbond substituents is 1. The highest BCUT2D eigenvalue weighted by molar-refractivity contribution is 9.10. The number of benzene rings is 2. The fourth-order valence-electron chi connectivity index (χ4n) is 2.08. The molecule has 0 aliphatic heterocycles. The lowest BCUT2D eigenvalue weighted by Crippen LogP contribution is -2.43. The minimum Gasteiger partial charge on any atom is -0.508 e. The summed E-state index contributed by atoms with van der Waals surface area (Å²) in [4.78, 5) is 24.2. The number of esters is 1. The molecule has 0 aliphatic rings. The van der Waals surface area contributed by atoms with Crippen LogP contribution in [0.2, 0.25) is 0 Å². The van der Waals surface area contributed by atoms with E-state index in [-0.39, 0.29) is 11.3 Å². The van der Waals surface area contributed by atoms with Gasteiger partial charge in [-0.15, -0.1) is 0 Å². The molecule has 2 N–H and O–H groups in total. The van der Waals surface area contributed by atoms with Crippen molar-refractivity contribution in [2.45, 2.75) is 12.5 Å². The van der Waals surface area contributed by atoms with Crippen molar-refractivity contribution in [1.29, 1.82) is 0 Å². The van der Waals surface area contributed by atoms with E-state index in [1.54, 1.807) is 12.1 Å². The van der Waals surface area contributed by atoms with E-state index in [1.807, 2.05) is 24.3 Å². The van der Waals surface area contributed by atoms with Gasteiger partial charge in [0.25, 0.3) is 5.91 Å². The van der Waals surface area contributed by atoms with Gasteiger partial charge in [0.2, 0.25) is 0 Å². The Balaban J connectivity index is 2.13. The molecular weight excluding hydrogens is 362 g/mol. The number of aromatic hydroxyl groups is 1. The van der Waals surface area contributed by atoms with Crippen LogP contribution in [0.15, 0.2) is 53.0 Å². The fraction of sp³-hybridized carbons (Fsp3) is 0.176. The van der Waals surface area contributed by atoms with Crippen LogP contribution in [0.5, 0.6) is 5.75 Å². The average Bonchev–Trinajstić information content (AvgIpc) is 2.55. The molecule has 0 fully saturated rings. The molecule has 120 valence electrons. The molecule has 0 radical (unpaired) electrons. The maximum Gasteiger partial charge on any atom is 0.328 e. The number of rotatable bonds is 5. The highest BCUT2D eigenvalue weighted by Gasteiger charge is 2.22. The third kappa shape index (κ3) is 4.82. The molecule has 2 aromatic carbocycles. The molecule has 6 heteroatoms. The normalized spacial score (nSPS) is 11.6.